The highest BCUT2D eigenvalue weighted by atomic mass is 32.2. The number of benzene rings is 1. The number of nitrogens with one attached hydrogen (secondary N) is 2. The normalized spacial score (nSPS) is 11.4. The number of ketones is 1. The van der Waals surface area contributed by atoms with E-state index in [0.717, 1.165) is 0 Å². The lowest BCUT2D eigenvalue weighted by Crippen LogP contribution is -2.37. The highest BCUT2D eigenvalue weighted by Gasteiger charge is 2.22. The number of aromatic nitrogens is 2. The first-order valence-corrected chi connectivity index (χ1v) is 9.52. The van der Waals surface area contributed by atoms with Crippen LogP contribution < -0.4 is 9.62 Å². The summed E-state index contributed by atoms with van der Waals surface area (Å²) >= 11 is 0. The Morgan fingerprint density at radius 3 is 2.23 bits per heavy atom. The fourth-order valence-corrected chi connectivity index (χ4v) is 4.03. The highest BCUT2D eigenvalue weighted by Crippen LogP contribution is 2.17. The predicted octanol–water partition coefficient (Wildman–Crippen LogP) is 1.56. The highest BCUT2D eigenvalue weighted by molar-refractivity contribution is 7.89. The van der Waals surface area contributed by atoms with Gasteiger partial charge in [-0.05, 0) is 45.0 Å². The Morgan fingerprint density at radius 2 is 1.77 bits per heavy atom. The summed E-state index contributed by atoms with van der Waals surface area (Å²) in [5.41, 5.74) is 1.98. The van der Waals surface area contributed by atoms with Crippen LogP contribution in [0.15, 0.2) is 29.2 Å². The summed E-state index contributed by atoms with van der Waals surface area (Å²) in [6, 6.07) is 6.60. The van der Waals surface area contributed by atoms with Gasteiger partial charge in [0.05, 0.1) is 11.4 Å². The molecule has 9 heteroatoms. The van der Waals surface area contributed by atoms with Gasteiger partial charge in [0.25, 0.3) is 0 Å². The molecule has 140 valence electrons. The molecule has 1 aromatic heterocycles. The molecule has 0 radical (unpaired) electrons. The third-order valence-corrected chi connectivity index (χ3v) is 5.65. The second-order valence-corrected chi connectivity index (χ2v) is 7.64. The van der Waals surface area contributed by atoms with Gasteiger partial charge in [-0.3, -0.25) is 14.7 Å². The maximum Gasteiger partial charge on any atom is 0.244 e. The van der Waals surface area contributed by atoms with Gasteiger partial charge in [0.1, 0.15) is 4.90 Å². The minimum Gasteiger partial charge on any atom is -0.311 e. The van der Waals surface area contributed by atoms with Crippen molar-refractivity contribution in [3.8, 4) is 0 Å². The lowest BCUT2D eigenvalue weighted by molar-refractivity contribution is -0.116. The fraction of sp³-hybridized carbons (Fsp3) is 0.353. The number of hydrogen-bond acceptors (Lipinski definition) is 5. The molecule has 1 aromatic carbocycles. The molecular formula is C17H22N4O4S. The number of nitrogens with zero attached hydrogens (tertiary/aromatic N) is 2. The van der Waals surface area contributed by atoms with E-state index < -0.39 is 10.0 Å². The molecule has 0 aliphatic heterocycles. The molecule has 0 aliphatic rings. The number of H-pyrrole nitrogens is 1. The van der Waals surface area contributed by atoms with Crippen molar-refractivity contribution in [3.05, 3.63) is 41.2 Å². The van der Waals surface area contributed by atoms with Crippen molar-refractivity contribution in [2.45, 2.75) is 32.6 Å². The van der Waals surface area contributed by atoms with Gasteiger partial charge in [-0.15, -0.1) is 0 Å². The van der Waals surface area contributed by atoms with E-state index >= 15 is 0 Å². The van der Waals surface area contributed by atoms with Gasteiger partial charge >= 0.3 is 0 Å². The van der Waals surface area contributed by atoms with E-state index in [9.17, 15) is 18.0 Å². The van der Waals surface area contributed by atoms with Gasteiger partial charge < -0.3 is 4.90 Å². The Balaban J connectivity index is 2.10. The number of sulfonamides is 1. The number of carbonyl (C=O) groups is 2. The second-order valence-electron chi connectivity index (χ2n) is 5.93. The minimum atomic E-state index is -3.73. The molecule has 0 atom stereocenters. The van der Waals surface area contributed by atoms with Crippen LogP contribution in [0.2, 0.25) is 0 Å². The topological polar surface area (TPSA) is 112 Å². The van der Waals surface area contributed by atoms with Gasteiger partial charge in [-0.25, -0.2) is 13.1 Å². The molecule has 2 rings (SSSR count). The Kier molecular flexibility index (Phi) is 5.94. The Labute approximate surface area is 152 Å². The first-order chi connectivity index (χ1) is 12.1. The molecule has 0 saturated carbocycles. The molecule has 1 heterocycles. The lowest BCUT2D eigenvalue weighted by Gasteiger charge is -2.21. The van der Waals surface area contributed by atoms with Crippen molar-refractivity contribution in [2.24, 2.45) is 0 Å². The molecule has 0 unspecified atom stereocenters. The van der Waals surface area contributed by atoms with Crippen molar-refractivity contribution >= 4 is 27.4 Å². The summed E-state index contributed by atoms with van der Waals surface area (Å²) in [5, 5.41) is 6.53. The molecule has 8 nitrogen and oxygen atoms in total. The van der Waals surface area contributed by atoms with Crippen molar-refractivity contribution in [3.63, 3.8) is 0 Å². The predicted molar refractivity (Wildman–Crippen MR) is 97.7 cm³/mol. The van der Waals surface area contributed by atoms with Crippen LogP contribution in [-0.4, -0.2) is 43.4 Å². The monoisotopic (exact) mass is 378 g/mol. The number of hydrogen-bond donors (Lipinski definition) is 2. The van der Waals surface area contributed by atoms with Crippen LogP contribution in [0, 0.1) is 13.8 Å². The smallest absolute Gasteiger partial charge is 0.244 e. The Morgan fingerprint density at radius 1 is 1.15 bits per heavy atom. The standard InChI is InChI=1S/C17H22N4O4S/c1-11-17(12(2)20-19-11)26(24,25)18-9-10-21(14(4)23)16-7-5-15(6-8-16)13(3)22/h5-8,18H,9-10H2,1-4H3,(H,19,20). The zero-order valence-corrected chi connectivity index (χ0v) is 16.0. The van der Waals surface area contributed by atoms with E-state index in [1.54, 1.807) is 38.1 Å². The van der Waals surface area contributed by atoms with Crippen LogP contribution in [0.25, 0.3) is 0 Å². The van der Waals surface area contributed by atoms with Gasteiger partial charge in [-0.2, -0.15) is 5.10 Å². The number of carbonyl (C=O) groups excluding carboxylic acids is 2. The average molecular weight is 378 g/mol. The summed E-state index contributed by atoms with van der Waals surface area (Å²) in [4.78, 5) is 24.8. The number of Topliss-reactive ketones (excluding diaryl/α,β-unsaturated/α-hetero) is 1. The zero-order valence-electron chi connectivity index (χ0n) is 15.2. The molecule has 0 aliphatic carbocycles. The van der Waals surface area contributed by atoms with E-state index in [4.69, 9.17) is 0 Å². The van der Waals surface area contributed by atoms with E-state index in [1.165, 1.54) is 18.7 Å². The van der Waals surface area contributed by atoms with Crippen LogP contribution in [-0.2, 0) is 14.8 Å². The molecular weight excluding hydrogens is 356 g/mol. The summed E-state index contributed by atoms with van der Waals surface area (Å²) in [7, 11) is -3.73. The molecule has 1 amide bonds. The molecule has 0 spiro atoms. The molecule has 0 fully saturated rings. The minimum absolute atomic E-state index is 0.0421. The van der Waals surface area contributed by atoms with Gasteiger partial charge in [0, 0.05) is 31.3 Å². The third kappa shape index (κ3) is 4.36. The van der Waals surface area contributed by atoms with Crippen molar-refractivity contribution in [2.75, 3.05) is 18.0 Å². The Bertz CT molecular complexity index is 897. The summed E-state index contributed by atoms with van der Waals surface area (Å²) in [5.74, 6) is -0.292. The van der Waals surface area contributed by atoms with E-state index in [0.29, 0.717) is 22.6 Å². The third-order valence-electron chi connectivity index (χ3n) is 3.92. The second kappa shape index (κ2) is 7.79. The Hall–Kier alpha value is -2.52. The average Bonchev–Trinajstić information content (AvgIpc) is 2.91. The maximum atomic E-state index is 12.4. The van der Waals surface area contributed by atoms with Crippen LogP contribution in [0.4, 0.5) is 5.69 Å². The number of aryl methyl sites for hydroxylation is 2. The summed E-state index contributed by atoms with van der Waals surface area (Å²) in [6.45, 7) is 6.30. The van der Waals surface area contributed by atoms with Crippen LogP contribution in [0.1, 0.15) is 35.6 Å². The van der Waals surface area contributed by atoms with Crippen LogP contribution in [0.3, 0.4) is 0 Å². The van der Waals surface area contributed by atoms with Crippen LogP contribution in [0.5, 0.6) is 0 Å². The number of amides is 1. The van der Waals surface area contributed by atoms with E-state index in [1.807, 2.05) is 0 Å². The van der Waals surface area contributed by atoms with Gasteiger partial charge in [-0.1, -0.05) is 0 Å². The van der Waals surface area contributed by atoms with E-state index in [2.05, 4.69) is 14.9 Å². The summed E-state index contributed by atoms with van der Waals surface area (Å²) < 4.78 is 27.4. The maximum absolute atomic E-state index is 12.4. The number of rotatable bonds is 7. The fourth-order valence-electron chi connectivity index (χ4n) is 2.65. The first kappa shape index (κ1) is 19.8. The van der Waals surface area contributed by atoms with Crippen molar-refractivity contribution < 1.29 is 18.0 Å². The lowest BCUT2D eigenvalue weighted by atomic mass is 10.1. The zero-order chi connectivity index (χ0) is 19.5. The molecule has 2 aromatic rings. The quantitative estimate of drug-likeness (QED) is 0.710. The molecule has 26 heavy (non-hydrogen) atoms. The van der Waals surface area contributed by atoms with Gasteiger partial charge in [0.15, 0.2) is 5.78 Å². The number of anilines is 1. The SMILES string of the molecule is CC(=O)c1ccc(N(CCNS(=O)(=O)c2c(C)n[nH]c2C)C(C)=O)cc1. The molecule has 0 bridgehead atoms. The molecule has 2 N–H and O–H groups in total. The first-order valence-electron chi connectivity index (χ1n) is 8.04. The van der Waals surface area contributed by atoms with Crippen LogP contribution >= 0.6 is 0 Å². The van der Waals surface area contributed by atoms with Gasteiger partial charge in [0.2, 0.25) is 15.9 Å². The summed E-state index contributed by atoms with van der Waals surface area (Å²) in [6.07, 6.45) is 0. The number of aromatic amines is 1. The largest absolute Gasteiger partial charge is 0.311 e. The van der Waals surface area contributed by atoms with Crippen molar-refractivity contribution in [1.82, 2.24) is 14.9 Å². The van der Waals surface area contributed by atoms with Crippen molar-refractivity contribution in [1.29, 1.82) is 0 Å². The molecule has 0 saturated heterocycles. The van der Waals surface area contributed by atoms with E-state index in [-0.39, 0.29) is 29.7 Å².